The first kappa shape index (κ1) is 17.7. The van der Waals surface area contributed by atoms with Crippen molar-refractivity contribution in [3.05, 3.63) is 35.4 Å². The molecule has 1 aliphatic rings. The Morgan fingerprint density at radius 1 is 1.48 bits per heavy atom. The molecule has 0 aromatic heterocycles. The van der Waals surface area contributed by atoms with E-state index < -0.39 is 0 Å². The molecule has 0 spiro atoms. The second-order valence-corrected chi connectivity index (χ2v) is 5.35. The Kier molecular flexibility index (Phi) is 6.37. The van der Waals surface area contributed by atoms with E-state index in [0.29, 0.717) is 27.9 Å². The van der Waals surface area contributed by atoms with Crippen LogP contribution < -0.4 is 10.5 Å². The van der Waals surface area contributed by atoms with Crippen LogP contribution in [0.2, 0.25) is 5.02 Å². The van der Waals surface area contributed by atoms with Crippen LogP contribution in [-0.4, -0.2) is 31.0 Å². The summed E-state index contributed by atoms with van der Waals surface area (Å²) in [5.41, 5.74) is 6.60. The van der Waals surface area contributed by atoms with E-state index in [2.05, 4.69) is 6.58 Å². The third kappa shape index (κ3) is 3.83. The van der Waals surface area contributed by atoms with Crippen LogP contribution in [0.4, 0.5) is 5.69 Å². The summed E-state index contributed by atoms with van der Waals surface area (Å²) in [6.45, 7) is 5.25. The zero-order chi connectivity index (χ0) is 14.7. The Balaban J connectivity index is 0.00000220. The molecule has 4 nitrogen and oxygen atoms in total. The van der Waals surface area contributed by atoms with Crippen molar-refractivity contribution < 1.29 is 9.53 Å². The molecule has 1 aromatic carbocycles. The summed E-state index contributed by atoms with van der Waals surface area (Å²) in [6.07, 6.45) is 3.85. The van der Waals surface area contributed by atoms with Crippen LogP contribution in [0.5, 0.6) is 5.75 Å². The molecule has 2 N–H and O–H groups in total. The predicted octanol–water partition coefficient (Wildman–Crippen LogP) is 3.39. The maximum atomic E-state index is 12.6. The molecule has 1 aromatic rings. The highest BCUT2D eigenvalue weighted by Gasteiger charge is 2.25. The van der Waals surface area contributed by atoms with Crippen molar-refractivity contribution in [2.75, 3.05) is 25.9 Å². The predicted molar refractivity (Wildman–Crippen MR) is 88.5 cm³/mol. The highest BCUT2D eigenvalue weighted by Crippen LogP contribution is 2.30. The lowest BCUT2D eigenvalue weighted by molar-refractivity contribution is 0.0702. The fourth-order valence-corrected chi connectivity index (χ4v) is 2.58. The smallest absolute Gasteiger partial charge is 0.257 e. The second-order valence-electron chi connectivity index (χ2n) is 4.94. The number of rotatable bonds is 3. The van der Waals surface area contributed by atoms with E-state index in [9.17, 15) is 4.79 Å². The molecule has 6 heteroatoms. The monoisotopic (exact) mass is 330 g/mol. The molecule has 1 fully saturated rings. The molecule has 21 heavy (non-hydrogen) atoms. The van der Waals surface area contributed by atoms with Crippen molar-refractivity contribution in [1.82, 2.24) is 4.90 Å². The number of nitrogens with zero attached hydrogens (tertiary/aromatic N) is 1. The number of hydrogen-bond donors (Lipinski definition) is 1. The van der Waals surface area contributed by atoms with Crippen LogP contribution in [0.1, 0.15) is 23.2 Å². The Bertz CT molecular complexity index is 527. The Morgan fingerprint density at radius 2 is 2.10 bits per heavy atom. The zero-order valence-electron chi connectivity index (χ0n) is 12.0. The molecule has 116 valence electrons. The number of allylic oxidation sites excluding steroid dienone is 1. The molecule has 0 radical (unpaired) electrons. The lowest BCUT2D eigenvalue weighted by Crippen LogP contribution is -2.38. The number of amides is 1. The van der Waals surface area contributed by atoms with Crippen molar-refractivity contribution in [2.45, 2.75) is 12.8 Å². The summed E-state index contributed by atoms with van der Waals surface area (Å²) in [5, 5.41) is 0.370. The van der Waals surface area contributed by atoms with Crippen molar-refractivity contribution in [3.63, 3.8) is 0 Å². The van der Waals surface area contributed by atoms with Gasteiger partial charge in [0.1, 0.15) is 5.75 Å². The number of anilines is 1. The summed E-state index contributed by atoms with van der Waals surface area (Å²) < 4.78 is 5.23. The van der Waals surface area contributed by atoms with Gasteiger partial charge in [-0.15, -0.1) is 19.0 Å². The van der Waals surface area contributed by atoms with Gasteiger partial charge in [0.2, 0.25) is 0 Å². The van der Waals surface area contributed by atoms with Gasteiger partial charge >= 0.3 is 0 Å². The highest BCUT2D eigenvalue weighted by atomic mass is 35.5. The number of nitrogen functional groups attached to an aromatic ring is 1. The molecule has 0 atom stereocenters. The van der Waals surface area contributed by atoms with Crippen molar-refractivity contribution >= 4 is 35.6 Å². The van der Waals surface area contributed by atoms with E-state index in [4.69, 9.17) is 22.1 Å². The van der Waals surface area contributed by atoms with E-state index >= 15 is 0 Å². The first-order valence-electron chi connectivity index (χ1n) is 6.61. The largest absolute Gasteiger partial charge is 0.496 e. The summed E-state index contributed by atoms with van der Waals surface area (Å²) >= 11 is 6.01. The summed E-state index contributed by atoms with van der Waals surface area (Å²) in [6, 6.07) is 3.17. The van der Waals surface area contributed by atoms with E-state index in [1.165, 1.54) is 7.11 Å². The molecule has 0 unspecified atom stereocenters. The molecule has 1 amide bonds. The van der Waals surface area contributed by atoms with Gasteiger partial charge in [0.05, 0.1) is 23.4 Å². The van der Waals surface area contributed by atoms with Gasteiger partial charge in [-0.05, 0) is 24.8 Å². The number of benzene rings is 1. The zero-order valence-corrected chi connectivity index (χ0v) is 13.5. The first-order chi connectivity index (χ1) is 9.56. The average molecular weight is 331 g/mol. The van der Waals surface area contributed by atoms with Gasteiger partial charge in [0.15, 0.2) is 0 Å². The molecule has 1 aliphatic heterocycles. The van der Waals surface area contributed by atoms with Crippen LogP contribution >= 0.6 is 24.0 Å². The number of methoxy groups -OCH3 is 1. The number of halogens is 2. The average Bonchev–Trinajstić information content (AvgIpc) is 2.49. The summed E-state index contributed by atoms with van der Waals surface area (Å²) in [7, 11) is 1.52. The van der Waals surface area contributed by atoms with Gasteiger partial charge in [-0.1, -0.05) is 17.7 Å². The topological polar surface area (TPSA) is 55.6 Å². The van der Waals surface area contributed by atoms with Gasteiger partial charge in [-0.2, -0.15) is 0 Å². The van der Waals surface area contributed by atoms with Crippen LogP contribution in [0.25, 0.3) is 0 Å². The Labute approximate surface area is 136 Å². The third-order valence-corrected chi connectivity index (χ3v) is 4.04. The van der Waals surface area contributed by atoms with Crippen LogP contribution in [0, 0.1) is 5.92 Å². The van der Waals surface area contributed by atoms with E-state index in [1.54, 1.807) is 12.1 Å². The summed E-state index contributed by atoms with van der Waals surface area (Å²) in [5.74, 6) is 0.893. The lowest BCUT2D eigenvalue weighted by atomic mass is 9.96. The fraction of sp³-hybridized carbons (Fsp3) is 0.400. The van der Waals surface area contributed by atoms with Gasteiger partial charge in [0.25, 0.3) is 5.91 Å². The summed E-state index contributed by atoms with van der Waals surface area (Å²) in [4.78, 5) is 14.4. The number of nitrogens with two attached hydrogens (primary N) is 1. The third-order valence-electron chi connectivity index (χ3n) is 3.71. The number of ether oxygens (including phenoxy) is 1. The van der Waals surface area contributed by atoms with Gasteiger partial charge in [0, 0.05) is 19.2 Å². The molecule has 2 rings (SSSR count). The van der Waals surface area contributed by atoms with Crippen molar-refractivity contribution in [3.8, 4) is 5.75 Å². The maximum Gasteiger partial charge on any atom is 0.257 e. The van der Waals surface area contributed by atoms with Gasteiger partial charge in [-0.25, -0.2) is 0 Å². The van der Waals surface area contributed by atoms with Crippen molar-refractivity contribution in [2.24, 2.45) is 5.92 Å². The molecular formula is C15H20Cl2N2O2. The molecule has 0 saturated carbocycles. The number of piperidine rings is 1. The first-order valence-corrected chi connectivity index (χ1v) is 6.99. The molecule has 1 saturated heterocycles. The Hall–Kier alpha value is -1.39. The SMILES string of the molecule is C=CC1CCN(C(=O)c2cc(Cl)c(N)cc2OC)CC1.Cl. The molecular weight excluding hydrogens is 311 g/mol. The minimum Gasteiger partial charge on any atom is -0.496 e. The van der Waals surface area contributed by atoms with Gasteiger partial charge < -0.3 is 15.4 Å². The molecule has 0 bridgehead atoms. The minimum atomic E-state index is -0.0636. The normalized spacial score (nSPS) is 15.2. The van der Waals surface area contributed by atoms with Crippen molar-refractivity contribution in [1.29, 1.82) is 0 Å². The highest BCUT2D eigenvalue weighted by molar-refractivity contribution is 6.33. The maximum absolute atomic E-state index is 12.6. The second kappa shape index (κ2) is 7.57. The number of hydrogen-bond acceptors (Lipinski definition) is 3. The number of carbonyl (C=O) groups excluding carboxylic acids is 1. The van der Waals surface area contributed by atoms with E-state index in [-0.39, 0.29) is 18.3 Å². The standard InChI is InChI=1S/C15H19ClN2O2.ClH/c1-3-10-4-6-18(7-5-10)15(19)11-8-12(16)13(17)9-14(11)20-2;/h3,8-10H,1,4-7,17H2,2H3;1H. The van der Waals surface area contributed by atoms with E-state index in [0.717, 1.165) is 25.9 Å². The number of likely N-dealkylation sites (tertiary alicyclic amines) is 1. The lowest BCUT2D eigenvalue weighted by Gasteiger charge is -2.31. The van der Waals surface area contributed by atoms with E-state index in [1.807, 2.05) is 11.0 Å². The van der Waals surface area contributed by atoms with Gasteiger partial charge in [-0.3, -0.25) is 4.79 Å². The fourth-order valence-electron chi connectivity index (χ4n) is 2.41. The number of carbonyl (C=O) groups is 1. The van der Waals surface area contributed by atoms with Crippen LogP contribution in [-0.2, 0) is 0 Å². The van der Waals surface area contributed by atoms with Crippen LogP contribution in [0.3, 0.4) is 0 Å². The molecule has 0 aliphatic carbocycles. The minimum absolute atomic E-state index is 0. The Morgan fingerprint density at radius 3 is 2.62 bits per heavy atom. The quantitative estimate of drug-likeness (QED) is 0.682. The van der Waals surface area contributed by atoms with Crippen LogP contribution in [0.15, 0.2) is 24.8 Å². The molecule has 1 heterocycles.